The number of H-pyrrole nitrogens is 1. The highest BCUT2D eigenvalue weighted by Crippen LogP contribution is 2.20. The SMILES string of the molecule is Cc1nc(CCNC(=O)c2ccc3nc(Cc4ccccc4F)oc3c2)n[nH]1. The minimum Gasteiger partial charge on any atom is -0.440 e. The molecule has 0 radical (unpaired) electrons. The van der Waals surface area contributed by atoms with Crippen molar-refractivity contribution < 1.29 is 13.6 Å². The second kappa shape index (κ2) is 7.59. The van der Waals surface area contributed by atoms with Crippen LogP contribution in [0.4, 0.5) is 4.39 Å². The molecule has 0 aliphatic rings. The molecule has 0 atom stereocenters. The second-order valence-corrected chi connectivity index (χ2v) is 6.40. The van der Waals surface area contributed by atoms with E-state index < -0.39 is 0 Å². The molecule has 0 unspecified atom stereocenters. The molecule has 0 saturated heterocycles. The van der Waals surface area contributed by atoms with Crippen molar-refractivity contribution in [3.63, 3.8) is 0 Å². The summed E-state index contributed by atoms with van der Waals surface area (Å²) in [5, 5.41) is 9.63. The molecule has 0 aliphatic carbocycles. The Morgan fingerprint density at radius 3 is 2.86 bits per heavy atom. The first-order valence-corrected chi connectivity index (χ1v) is 8.87. The molecule has 1 amide bonds. The lowest BCUT2D eigenvalue weighted by atomic mass is 10.1. The fourth-order valence-corrected chi connectivity index (χ4v) is 2.88. The number of aromatic nitrogens is 4. The van der Waals surface area contributed by atoms with Gasteiger partial charge in [0, 0.05) is 18.5 Å². The minimum atomic E-state index is -0.300. The van der Waals surface area contributed by atoms with E-state index in [9.17, 15) is 9.18 Å². The number of halogens is 1. The fourth-order valence-electron chi connectivity index (χ4n) is 2.88. The normalized spacial score (nSPS) is 11.1. The maximum absolute atomic E-state index is 13.8. The van der Waals surface area contributed by atoms with Crippen molar-refractivity contribution in [3.05, 3.63) is 76.9 Å². The van der Waals surface area contributed by atoms with Gasteiger partial charge in [-0.25, -0.2) is 14.4 Å². The zero-order chi connectivity index (χ0) is 19.5. The number of hydrogen-bond donors (Lipinski definition) is 2. The zero-order valence-corrected chi connectivity index (χ0v) is 15.2. The zero-order valence-electron chi connectivity index (χ0n) is 15.2. The van der Waals surface area contributed by atoms with Crippen LogP contribution in [0.2, 0.25) is 0 Å². The molecule has 8 heteroatoms. The summed E-state index contributed by atoms with van der Waals surface area (Å²) in [7, 11) is 0. The third-order valence-corrected chi connectivity index (χ3v) is 4.27. The molecule has 0 saturated carbocycles. The van der Waals surface area contributed by atoms with Gasteiger partial charge in [0.05, 0.1) is 6.42 Å². The van der Waals surface area contributed by atoms with Crippen molar-refractivity contribution in [3.8, 4) is 0 Å². The van der Waals surface area contributed by atoms with Crippen LogP contribution in [0.5, 0.6) is 0 Å². The molecule has 2 aromatic carbocycles. The van der Waals surface area contributed by atoms with Gasteiger partial charge in [0.2, 0.25) is 0 Å². The lowest BCUT2D eigenvalue weighted by Gasteiger charge is -2.03. The van der Waals surface area contributed by atoms with E-state index in [4.69, 9.17) is 4.42 Å². The van der Waals surface area contributed by atoms with Crippen molar-refractivity contribution in [2.75, 3.05) is 6.54 Å². The molecule has 0 bridgehead atoms. The maximum atomic E-state index is 13.8. The number of nitrogens with zero attached hydrogens (tertiary/aromatic N) is 3. The van der Waals surface area contributed by atoms with Crippen LogP contribution in [0.15, 0.2) is 46.9 Å². The third-order valence-electron chi connectivity index (χ3n) is 4.27. The molecule has 7 nitrogen and oxygen atoms in total. The quantitative estimate of drug-likeness (QED) is 0.537. The monoisotopic (exact) mass is 379 g/mol. The number of carbonyl (C=O) groups excluding carboxylic acids is 1. The predicted molar refractivity (Wildman–Crippen MR) is 100 cm³/mol. The number of carbonyl (C=O) groups is 1. The Hall–Kier alpha value is -3.55. The number of rotatable bonds is 6. The first-order chi connectivity index (χ1) is 13.6. The molecule has 0 aliphatic heterocycles. The minimum absolute atomic E-state index is 0.221. The van der Waals surface area contributed by atoms with E-state index in [1.54, 1.807) is 36.4 Å². The van der Waals surface area contributed by atoms with E-state index in [1.807, 2.05) is 6.92 Å². The molecule has 2 N–H and O–H groups in total. The van der Waals surface area contributed by atoms with Gasteiger partial charge in [0.1, 0.15) is 17.2 Å². The lowest BCUT2D eigenvalue weighted by molar-refractivity contribution is 0.0954. The highest BCUT2D eigenvalue weighted by Gasteiger charge is 2.12. The average molecular weight is 379 g/mol. The standard InChI is InChI=1S/C20H18FN5O2/c1-12-23-18(26-25-12)8-9-22-20(27)14-6-7-16-17(10-14)28-19(24-16)11-13-4-2-3-5-15(13)21/h2-7,10H,8-9,11H2,1H3,(H,22,27)(H,23,25,26). The van der Waals surface area contributed by atoms with Crippen molar-refractivity contribution in [1.29, 1.82) is 0 Å². The van der Waals surface area contributed by atoms with Crippen LogP contribution in [0, 0.1) is 12.7 Å². The molecular weight excluding hydrogens is 361 g/mol. The molecule has 2 aromatic heterocycles. The van der Waals surface area contributed by atoms with E-state index in [2.05, 4.69) is 25.5 Å². The van der Waals surface area contributed by atoms with Crippen LogP contribution >= 0.6 is 0 Å². The van der Waals surface area contributed by atoms with Crippen LogP contribution in [0.1, 0.15) is 33.5 Å². The maximum Gasteiger partial charge on any atom is 0.251 e. The molecule has 142 valence electrons. The molecule has 4 rings (SSSR count). The smallest absolute Gasteiger partial charge is 0.251 e. The topological polar surface area (TPSA) is 96.7 Å². The Morgan fingerprint density at radius 1 is 1.21 bits per heavy atom. The van der Waals surface area contributed by atoms with Gasteiger partial charge in [-0.1, -0.05) is 18.2 Å². The number of hydrogen-bond acceptors (Lipinski definition) is 5. The van der Waals surface area contributed by atoms with E-state index in [0.29, 0.717) is 46.9 Å². The average Bonchev–Trinajstić information content (AvgIpc) is 3.28. The number of nitrogens with one attached hydrogen (secondary N) is 2. The summed E-state index contributed by atoms with van der Waals surface area (Å²) in [6.07, 6.45) is 0.784. The lowest BCUT2D eigenvalue weighted by Crippen LogP contribution is -2.25. The van der Waals surface area contributed by atoms with Crippen LogP contribution < -0.4 is 5.32 Å². The van der Waals surface area contributed by atoms with E-state index in [-0.39, 0.29) is 18.1 Å². The summed E-state index contributed by atoms with van der Waals surface area (Å²) < 4.78 is 19.5. The Kier molecular flexibility index (Phi) is 4.84. The molecular formula is C20H18FN5O2. The van der Waals surface area contributed by atoms with E-state index in [0.717, 1.165) is 5.82 Å². The largest absolute Gasteiger partial charge is 0.440 e. The number of benzene rings is 2. The molecule has 0 spiro atoms. The number of aryl methyl sites for hydroxylation is 1. The number of aromatic amines is 1. The van der Waals surface area contributed by atoms with Crippen molar-refractivity contribution in [2.24, 2.45) is 0 Å². The summed E-state index contributed by atoms with van der Waals surface area (Å²) in [5.41, 5.74) is 2.09. The number of fused-ring (bicyclic) bond motifs is 1. The summed E-state index contributed by atoms with van der Waals surface area (Å²) in [6, 6.07) is 11.5. The van der Waals surface area contributed by atoms with E-state index in [1.165, 1.54) is 6.07 Å². The van der Waals surface area contributed by atoms with Gasteiger partial charge >= 0.3 is 0 Å². The summed E-state index contributed by atoms with van der Waals surface area (Å²) in [5.74, 6) is 1.27. The Bertz CT molecular complexity index is 1130. The summed E-state index contributed by atoms with van der Waals surface area (Å²) in [4.78, 5) is 20.9. The molecule has 4 aromatic rings. The summed E-state index contributed by atoms with van der Waals surface area (Å²) in [6.45, 7) is 2.24. The Balaban J connectivity index is 1.43. The van der Waals surface area contributed by atoms with Crippen LogP contribution in [-0.4, -0.2) is 32.6 Å². The first kappa shape index (κ1) is 17.8. The third kappa shape index (κ3) is 3.90. The number of amides is 1. The Labute approximate surface area is 160 Å². The van der Waals surface area contributed by atoms with Crippen LogP contribution in [0.3, 0.4) is 0 Å². The fraction of sp³-hybridized carbons (Fsp3) is 0.200. The van der Waals surface area contributed by atoms with Gasteiger partial charge in [0.15, 0.2) is 17.3 Å². The second-order valence-electron chi connectivity index (χ2n) is 6.40. The van der Waals surface area contributed by atoms with Crippen molar-refractivity contribution in [1.82, 2.24) is 25.5 Å². The highest BCUT2D eigenvalue weighted by molar-refractivity contribution is 5.97. The van der Waals surface area contributed by atoms with Gasteiger partial charge in [0.25, 0.3) is 5.91 Å². The van der Waals surface area contributed by atoms with Crippen molar-refractivity contribution >= 4 is 17.0 Å². The first-order valence-electron chi connectivity index (χ1n) is 8.87. The molecule has 0 fully saturated rings. The van der Waals surface area contributed by atoms with Gasteiger partial charge in [-0.3, -0.25) is 9.89 Å². The summed E-state index contributed by atoms with van der Waals surface area (Å²) >= 11 is 0. The molecule has 2 heterocycles. The van der Waals surface area contributed by atoms with Crippen molar-refractivity contribution in [2.45, 2.75) is 19.8 Å². The van der Waals surface area contributed by atoms with Gasteiger partial charge < -0.3 is 9.73 Å². The Morgan fingerprint density at radius 2 is 2.07 bits per heavy atom. The van der Waals surface area contributed by atoms with Gasteiger partial charge in [-0.05, 0) is 36.8 Å². The molecule has 28 heavy (non-hydrogen) atoms. The van der Waals surface area contributed by atoms with Crippen LogP contribution in [0.25, 0.3) is 11.1 Å². The predicted octanol–water partition coefficient (Wildman–Crippen LogP) is 2.96. The highest BCUT2D eigenvalue weighted by atomic mass is 19.1. The van der Waals surface area contributed by atoms with E-state index >= 15 is 0 Å². The van der Waals surface area contributed by atoms with Gasteiger partial charge in [-0.15, -0.1) is 0 Å². The number of oxazole rings is 1. The van der Waals surface area contributed by atoms with Gasteiger partial charge in [-0.2, -0.15) is 5.10 Å². The van der Waals surface area contributed by atoms with Crippen LogP contribution in [-0.2, 0) is 12.8 Å².